The largest absolute Gasteiger partial charge is 0.495 e. The summed E-state index contributed by atoms with van der Waals surface area (Å²) in [6.07, 6.45) is 1.26. The van der Waals surface area contributed by atoms with Gasteiger partial charge >= 0.3 is 0 Å². The molecule has 184 valence electrons. The fraction of sp³-hybridized carbons (Fsp3) is 0.250. The number of carbonyl (C=O) groups is 2. The quantitative estimate of drug-likeness (QED) is 0.422. The van der Waals surface area contributed by atoms with Gasteiger partial charge in [-0.1, -0.05) is 23.2 Å². The Balaban J connectivity index is 1.83. The number of ether oxygens (including phenoxy) is 4. The van der Waals surface area contributed by atoms with E-state index in [1.54, 1.807) is 24.3 Å². The third kappa shape index (κ3) is 4.00. The number of anilines is 2. The number of benzene rings is 2. The second-order valence-corrected chi connectivity index (χ2v) is 8.36. The highest BCUT2D eigenvalue weighted by atomic mass is 35.5. The Labute approximate surface area is 211 Å². The Morgan fingerprint density at radius 3 is 2.09 bits per heavy atom. The van der Waals surface area contributed by atoms with Gasteiger partial charge in [-0.3, -0.25) is 14.5 Å². The lowest BCUT2D eigenvalue weighted by molar-refractivity contribution is -0.138. The summed E-state index contributed by atoms with van der Waals surface area (Å²) < 4.78 is 27.0. The van der Waals surface area contributed by atoms with Crippen LogP contribution in [-0.4, -0.2) is 40.3 Å². The molecule has 1 fully saturated rings. The summed E-state index contributed by atoms with van der Waals surface area (Å²) in [7, 11) is 5.82. The number of β-lactam (4-membered cyclic amide) rings is 1. The summed E-state index contributed by atoms with van der Waals surface area (Å²) in [5.41, 5.74) is -0.975. The van der Waals surface area contributed by atoms with Crippen LogP contribution in [0.5, 0.6) is 23.0 Å². The van der Waals surface area contributed by atoms with Crippen molar-refractivity contribution < 1.29 is 33.0 Å². The Bertz CT molecular complexity index is 1280. The topological polar surface area (TPSA) is 99.5 Å². The van der Waals surface area contributed by atoms with Crippen molar-refractivity contribution in [2.24, 2.45) is 0 Å². The van der Waals surface area contributed by atoms with E-state index in [1.165, 1.54) is 51.7 Å². The predicted octanol–water partition coefficient (Wildman–Crippen LogP) is 4.89. The summed E-state index contributed by atoms with van der Waals surface area (Å²) in [4.78, 5) is 28.2. The van der Waals surface area contributed by atoms with Gasteiger partial charge in [-0.2, -0.15) is 0 Å². The van der Waals surface area contributed by atoms with Gasteiger partial charge in [0.1, 0.15) is 28.8 Å². The second kappa shape index (κ2) is 9.59. The second-order valence-electron chi connectivity index (χ2n) is 7.54. The smallest absolute Gasteiger partial charge is 0.259 e. The van der Waals surface area contributed by atoms with Crippen LogP contribution in [0.15, 0.2) is 47.1 Å². The summed E-state index contributed by atoms with van der Waals surface area (Å²) in [5.74, 6) is 0.689. The molecule has 2 heterocycles. The van der Waals surface area contributed by atoms with Crippen LogP contribution in [-0.2, 0) is 15.1 Å². The molecule has 0 aliphatic carbocycles. The summed E-state index contributed by atoms with van der Waals surface area (Å²) >= 11 is 12.6. The molecule has 1 aliphatic rings. The third-order valence-electron chi connectivity index (χ3n) is 5.76. The number of furan rings is 1. The first-order valence-corrected chi connectivity index (χ1v) is 11.1. The molecule has 3 aromatic rings. The fourth-order valence-electron chi connectivity index (χ4n) is 4.05. The maximum atomic E-state index is 13.9. The van der Waals surface area contributed by atoms with Gasteiger partial charge in [-0.15, -0.1) is 0 Å². The lowest BCUT2D eigenvalue weighted by Gasteiger charge is -2.49. The Kier molecular flexibility index (Phi) is 6.73. The normalized spacial score (nSPS) is 17.0. The monoisotopic (exact) mass is 520 g/mol. The summed E-state index contributed by atoms with van der Waals surface area (Å²) in [6.45, 7) is 0. The predicted molar refractivity (Wildman–Crippen MR) is 130 cm³/mol. The zero-order valence-electron chi connectivity index (χ0n) is 19.3. The van der Waals surface area contributed by atoms with Gasteiger partial charge in [-0.05, 0) is 24.3 Å². The summed E-state index contributed by atoms with van der Waals surface area (Å²) in [5, 5.41) is 3.32. The van der Waals surface area contributed by atoms with E-state index in [1.807, 2.05) is 0 Å². The molecule has 35 heavy (non-hydrogen) atoms. The number of amides is 2. The van der Waals surface area contributed by atoms with Crippen molar-refractivity contribution in [1.29, 1.82) is 0 Å². The highest BCUT2D eigenvalue weighted by Gasteiger charge is 2.61. The number of hydrogen-bond acceptors (Lipinski definition) is 7. The molecule has 1 atom stereocenters. The van der Waals surface area contributed by atoms with Gasteiger partial charge < -0.3 is 28.7 Å². The fourth-order valence-corrected chi connectivity index (χ4v) is 4.52. The van der Waals surface area contributed by atoms with E-state index < -0.39 is 11.4 Å². The van der Waals surface area contributed by atoms with Crippen molar-refractivity contribution in [2.45, 2.75) is 12.0 Å². The molecule has 1 unspecified atom stereocenters. The van der Waals surface area contributed by atoms with Gasteiger partial charge in [0, 0.05) is 12.1 Å². The van der Waals surface area contributed by atoms with Crippen LogP contribution in [0.4, 0.5) is 11.4 Å². The van der Waals surface area contributed by atoms with E-state index in [9.17, 15) is 9.59 Å². The Morgan fingerprint density at radius 2 is 1.54 bits per heavy atom. The number of nitrogens with one attached hydrogen (secondary N) is 1. The molecule has 2 amide bonds. The molecule has 1 aliphatic heterocycles. The number of hydrogen-bond donors (Lipinski definition) is 1. The Hall–Kier alpha value is -3.56. The molecule has 1 aromatic heterocycles. The molecule has 4 rings (SSSR count). The van der Waals surface area contributed by atoms with Crippen LogP contribution in [0.25, 0.3) is 0 Å². The molecule has 9 nitrogen and oxygen atoms in total. The van der Waals surface area contributed by atoms with E-state index >= 15 is 0 Å². The average molecular weight is 521 g/mol. The van der Waals surface area contributed by atoms with Crippen molar-refractivity contribution in [3.8, 4) is 23.0 Å². The van der Waals surface area contributed by atoms with Crippen molar-refractivity contribution in [1.82, 2.24) is 0 Å². The lowest BCUT2D eigenvalue weighted by atomic mass is 9.79. The van der Waals surface area contributed by atoms with Crippen LogP contribution < -0.4 is 29.2 Å². The van der Waals surface area contributed by atoms with Crippen molar-refractivity contribution in [2.75, 3.05) is 38.7 Å². The molecular formula is C24H22Cl2N2O7. The number of methoxy groups -OCH3 is 4. The molecule has 0 bridgehead atoms. The minimum absolute atomic E-state index is 0.161. The van der Waals surface area contributed by atoms with Crippen LogP contribution >= 0.6 is 23.2 Å². The van der Waals surface area contributed by atoms with Crippen LogP contribution in [0, 0.1) is 0 Å². The molecular weight excluding hydrogens is 499 g/mol. The molecule has 0 spiro atoms. The minimum Gasteiger partial charge on any atom is -0.495 e. The van der Waals surface area contributed by atoms with Crippen LogP contribution in [0.2, 0.25) is 10.0 Å². The Morgan fingerprint density at radius 1 is 0.943 bits per heavy atom. The molecule has 11 heteroatoms. The maximum absolute atomic E-state index is 13.9. The molecule has 1 N–H and O–H groups in total. The number of halogens is 2. The number of rotatable bonds is 8. The highest BCUT2D eigenvalue weighted by molar-refractivity contribution is 6.33. The molecule has 1 saturated heterocycles. The standard InChI is InChI=1S/C24H22Cl2N2O7/c1-31-17-10-19(33-3)15(8-13(17)25)27-23(30)24(21-6-5-7-35-21)12-22(29)28(24)16-9-14(26)18(32-2)11-20(16)34-4/h5-11H,12H2,1-4H3,(H,27,30). The third-order valence-corrected chi connectivity index (χ3v) is 6.35. The van der Waals surface area contributed by atoms with E-state index in [0.29, 0.717) is 17.2 Å². The zero-order valence-corrected chi connectivity index (χ0v) is 20.8. The molecule has 0 radical (unpaired) electrons. The van der Waals surface area contributed by atoms with Gasteiger partial charge in [0.05, 0.1) is 62.5 Å². The van der Waals surface area contributed by atoms with Gasteiger partial charge in [0.25, 0.3) is 5.91 Å². The average Bonchev–Trinajstić information content (AvgIpc) is 3.37. The van der Waals surface area contributed by atoms with Crippen molar-refractivity contribution in [3.05, 3.63) is 58.5 Å². The lowest BCUT2D eigenvalue weighted by Crippen LogP contribution is -2.67. The van der Waals surface area contributed by atoms with Crippen molar-refractivity contribution >= 4 is 46.4 Å². The SMILES string of the molecule is COc1cc(OC)c(NC(=O)C2(c3ccco3)CC(=O)N2c2cc(Cl)c(OC)cc2OC)cc1Cl. The zero-order chi connectivity index (χ0) is 25.3. The highest BCUT2D eigenvalue weighted by Crippen LogP contribution is 2.51. The van der Waals surface area contributed by atoms with Gasteiger partial charge in [0.15, 0.2) is 5.54 Å². The first-order chi connectivity index (χ1) is 16.8. The number of nitrogens with zero attached hydrogens (tertiary/aromatic N) is 1. The summed E-state index contributed by atoms with van der Waals surface area (Å²) in [6, 6.07) is 9.35. The van der Waals surface area contributed by atoms with E-state index in [-0.39, 0.29) is 45.3 Å². The van der Waals surface area contributed by atoms with E-state index in [4.69, 9.17) is 46.6 Å². The maximum Gasteiger partial charge on any atom is 0.259 e. The van der Waals surface area contributed by atoms with E-state index in [2.05, 4.69) is 5.32 Å². The van der Waals surface area contributed by atoms with E-state index in [0.717, 1.165) is 0 Å². The molecule has 0 saturated carbocycles. The first-order valence-electron chi connectivity index (χ1n) is 10.3. The minimum atomic E-state index is -1.54. The van der Waals surface area contributed by atoms with Crippen LogP contribution in [0.3, 0.4) is 0 Å². The molecule has 2 aromatic carbocycles. The van der Waals surface area contributed by atoms with Crippen LogP contribution in [0.1, 0.15) is 12.2 Å². The van der Waals surface area contributed by atoms with Crippen molar-refractivity contribution in [3.63, 3.8) is 0 Å². The van der Waals surface area contributed by atoms with Gasteiger partial charge in [0.2, 0.25) is 5.91 Å². The van der Waals surface area contributed by atoms with Gasteiger partial charge in [-0.25, -0.2) is 0 Å². The first kappa shape index (κ1) is 24.6. The number of carbonyl (C=O) groups excluding carboxylic acids is 2.